The molecular weight excluding hydrogens is 567 g/mol. The van der Waals surface area contributed by atoms with Crippen LogP contribution in [0.2, 0.25) is 0 Å². The Morgan fingerprint density at radius 1 is 0.860 bits per heavy atom. The fraction of sp³-hybridized carbons (Fsp3) is 0.212. The highest BCUT2D eigenvalue weighted by Crippen LogP contribution is 2.23. The normalized spacial score (nSPS) is 14.1. The molecule has 0 radical (unpaired) electrons. The number of anilines is 1. The third kappa shape index (κ3) is 7.53. The zero-order chi connectivity index (χ0) is 30.2. The van der Waals surface area contributed by atoms with Crippen LogP contribution in [0.1, 0.15) is 34.0 Å². The number of nitrogens with one attached hydrogen (secondary N) is 1. The minimum absolute atomic E-state index is 0.122. The maximum Gasteiger partial charge on any atom is 0.271 e. The van der Waals surface area contributed by atoms with Crippen molar-refractivity contribution in [3.05, 3.63) is 131 Å². The number of amides is 1. The average Bonchev–Trinajstić information content (AvgIpc) is 3.04. The van der Waals surface area contributed by atoms with E-state index in [-0.39, 0.29) is 23.8 Å². The van der Waals surface area contributed by atoms with Crippen LogP contribution in [0.15, 0.2) is 113 Å². The molecule has 4 aromatic rings. The monoisotopic (exact) mass is 600 g/mol. The molecule has 1 saturated heterocycles. The van der Waals surface area contributed by atoms with Crippen LogP contribution in [-0.4, -0.2) is 50.6 Å². The number of benzene rings is 4. The van der Waals surface area contributed by atoms with Gasteiger partial charge in [0.1, 0.15) is 5.82 Å². The number of nitrogens with zero attached hydrogens (tertiary/aromatic N) is 3. The summed E-state index contributed by atoms with van der Waals surface area (Å²) in [6.07, 6.45) is 0. The number of sulfonamides is 1. The second kappa shape index (κ2) is 13.7. The molecule has 0 unspecified atom stereocenters. The number of carbonyl (C=O) groups is 1. The number of ether oxygens (including phenoxy) is 1. The Morgan fingerprint density at radius 2 is 1.44 bits per heavy atom. The van der Waals surface area contributed by atoms with Crippen molar-refractivity contribution in [3.8, 4) is 0 Å². The summed E-state index contributed by atoms with van der Waals surface area (Å²) in [5, 5.41) is 4.17. The molecule has 0 spiro atoms. The number of hydrazone groups is 1. The molecule has 222 valence electrons. The number of halogens is 1. The zero-order valence-electron chi connectivity index (χ0n) is 23.8. The van der Waals surface area contributed by atoms with Crippen LogP contribution in [0, 0.1) is 5.82 Å². The van der Waals surface area contributed by atoms with E-state index in [0.29, 0.717) is 48.8 Å². The Labute approximate surface area is 251 Å². The van der Waals surface area contributed by atoms with Crippen LogP contribution < -0.4 is 10.3 Å². The van der Waals surface area contributed by atoms with E-state index in [1.165, 1.54) is 10.4 Å². The van der Waals surface area contributed by atoms with E-state index in [0.717, 1.165) is 11.1 Å². The van der Waals surface area contributed by atoms with Gasteiger partial charge in [0.15, 0.2) is 0 Å². The largest absolute Gasteiger partial charge is 0.378 e. The van der Waals surface area contributed by atoms with Gasteiger partial charge in [-0.25, -0.2) is 18.2 Å². The summed E-state index contributed by atoms with van der Waals surface area (Å²) in [6.45, 7) is 4.40. The standard InChI is InChI=1S/C33H33FN4O4S/c1-25(29-16-17-32(31(34)22-29)37-18-20-42-21-19-37)35-36-33(39)28-14-12-27(13-15-28)24-38(23-26-8-4-2-5-9-26)43(40,41)30-10-6-3-7-11-30/h2-17,22H,18-21,23-24H2,1H3,(H,36,39). The van der Waals surface area contributed by atoms with Gasteiger partial charge in [0.25, 0.3) is 5.91 Å². The van der Waals surface area contributed by atoms with Crippen LogP contribution in [0.4, 0.5) is 10.1 Å². The van der Waals surface area contributed by atoms with Crippen LogP contribution >= 0.6 is 0 Å². The summed E-state index contributed by atoms with van der Waals surface area (Å²) in [5.74, 6) is -0.791. The lowest BCUT2D eigenvalue weighted by molar-refractivity contribution is 0.0954. The van der Waals surface area contributed by atoms with Gasteiger partial charge in [0, 0.05) is 37.3 Å². The molecule has 1 fully saturated rings. The molecule has 0 saturated carbocycles. The SMILES string of the molecule is CC(=NNC(=O)c1ccc(CN(Cc2ccccc2)S(=O)(=O)c2ccccc2)cc1)c1ccc(N2CCOCC2)c(F)c1. The van der Waals surface area contributed by atoms with E-state index in [1.807, 2.05) is 35.2 Å². The van der Waals surface area contributed by atoms with Gasteiger partial charge >= 0.3 is 0 Å². The van der Waals surface area contributed by atoms with Gasteiger partial charge in [0.2, 0.25) is 10.0 Å². The van der Waals surface area contributed by atoms with E-state index in [4.69, 9.17) is 4.74 Å². The Balaban J connectivity index is 1.26. The molecular formula is C33H33FN4O4S. The smallest absolute Gasteiger partial charge is 0.271 e. The van der Waals surface area contributed by atoms with Gasteiger partial charge < -0.3 is 9.64 Å². The van der Waals surface area contributed by atoms with Crippen molar-refractivity contribution in [1.29, 1.82) is 0 Å². The van der Waals surface area contributed by atoms with E-state index < -0.39 is 15.9 Å². The molecule has 8 nitrogen and oxygen atoms in total. The first kappa shape index (κ1) is 30.1. The molecule has 10 heteroatoms. The van der Waals surface area contributed by atoms with Crippen molar-refractivity contribution in [2.45, 2.75) is 24.9 Å². The highest BCUT2D eigenvalue weighted by atomic mass is 32.2. The Hall–Kier alpha value is -4.38. The summed E-state index contributed by atoms with van der Waals surface area (Å²) in [4.78, 5) is 15.0. The molecule has 4 aromatic carbocycles. The number of rotatable bonds is 10. The highest BCUT2D eigenvalue weighted by molar-refractivity contribution is 7.89. The molecule has 0 bridgehead atoms. The lowest BCUT2D eigenvalue weighted by atomic mass is 10.1. The molecule has 1 aliphatic rings. The number of hydrogen-bond donors (Lipinski definition) is 1. The Kier molecular flexibility index (Phi) is 9.61. The van der Waals surface area contributed by atoms with Crippen LogP contribution in [0.3, 0.4) is 0 Å². The van der Waals surface area contributed by atoms with Crippen LogP contribution in [-0.2, 0) is 27.8 Å². The quantitative estimate of drug-likeness (QED) is 0.200. The maximum atomic E-state index is 14.8. The second-order valence-electron chi connectivity index (χ2n) is 10.2. The maximum absolute atomic E-state index is 14.8. The van der Waals surface area contributed by atoms with Gasteiger partial charge in [0.05, 0.1) is 29.5 Å². The lowest BCUT2D eigenvalue weighted by Gasteiger charge is -2.29. The van der Waals surface area contributed by atoms with Gasteiger partial charge in [-0.1, -0.05) is 66.7 Å². The Bertz CT molecular complexity index is 1680. The first-order chi connectivity index (χ1) is 20.8. The first-order valence-corrected chi connectivity index (χ1v) is 15.4. The van der Waals surface area contributed by atoms with Crippen molar-refractivity contribution in [2.75, 3.05) is 31.2 Å². The summed E-state index contributed by atoms with van der Waals surface area (Å²) < 4.78 is 48.6. The zero-order valence-corrected chi connectivity index (χ0v) is 24.6. The molecule has 1 heterocycles. The fourth-order valence-corrected chi connectivity index (χ4v) is 6.21. The molecule has 1 amide bonds. The van der Waals surface area contributed by atoms with Crippen LogP contribution in [0.25, 0.3) is 0 Å². The molecule has 43 heavy (non-hydrogen) atoms. The summed E-state index contributed by atoms with van der Waals surface area (Å²) in [6, 6.07) is 29.3. The third-order valence-electron chi connectivity index (χ3n) is 7.20. The summed E-state index contributed by atoms with van der Waals surface area (Å²) in [7, 11) is -3.78. The molecule has 5 rings (SSSR count). The van der Waals surface area contributed by atoms with E-state index in [2.05, 4.69) is 10.5 Å². The molecule has 0 aromatic heterocycles. The average molecular weight is 601 g/mol. The third-order valence-corrected chi connectivity index (χ3v) is 9.01. The predicted molar refractivity (Wildman–Crippen MR) is 165 cm³/mol. The van der Waals surface area contributed by atoms with Gasteiger partial charge in [-0.3, -0.25) is 4.79 Å². The highest BCUT2D eigenvalue weighted by Gasteiger charge is 2.25. The van der Waals surface area contributed by atoms with Crippen LogP contribution in [0.5, 0.6) is 0 Å². The van der Waals surface area contributed by atoms with Gasteiger partial charge in [-0.2, -0.15) is 9.41 Å². The first-order valence-electron chi connectivity index (χ1n) is 14.0. The van der Waals surface area contributed by atoms with Gasteiger partial charge in [-0.15, -0.1) is 0 Å². The number of morpholine rings is 1. The van der Waals surface area contributed by atoms with Crippen molar-refractivity contribution in [1.82, 2.24) is 9.73 Å². The van der Waals surface area contributed by atoms with Crippen molar-refractivity contribution in [3.63, 3.8) is 0 Å². The molecule has 1 N–H and O–H groups in total. The van der Waals surface area contributed by atoms with Crippen molar-refractivity contribution < 1.29 is 22.3 Å². The minimum atomic E-state index is -3.78. The number of hydrogen-bond acceptors (Lipinski definition) is 6. The molecule has 0 atom stereocenters. The Morgan fingerprint density at radius 3 is 2.07 bits per heavy atom. The van der Waals surface area contributed by atoms with Crippen molar-refractivity contribution in [2.24, 2.45) is 5.10 Å². The fourth-order valence-electron chi connectivity index (χ4n) is 4.78. The lowest BCUT2D eigenvalue weighted by Crippen LogP contribution is -2.36. The molecule has 1 aliphatic heterocycles. The molecule has 0 aliphatic carbocycles. The predicted octanol–water partition coefficient (Wildman–Crippen LogP) is 5.21. The second-order valence-corrected chi connectivity index (χ2v) is 12.1. The van der Waals surface area contributed by atoms with E-state index in [1.54, 1.807) is 73.7 Å². The number of carbonyl (C=O) groups excluding carboxylic acids is 1. The van der Waals surface area contributed by atoms with Gasteiger partial charge in [-0.05, 0) is 54.4 Å². The minimum Gasteiger partial charge on any atom is -0.378 e. The summed E-state index contributed by atoms with van der Waals surface area (Å²) >= 11 is 0. The van der Waals surface area contributed by atoms with E-state index >= 15 is 0 Å². The van der Waals surface area contributed by atoms with Crippen molar-refractivity contribution >= 4 is 27.3 Å². The topological polar surface area (TPSA) is 91.3 Å². The summed E-state index contributed by atoms with van der Waals surface area (Å²) in [5.41, 5.74) is 6.00. The van der Waals surface area contributed by atoms with E-state index in [9.17, 15) is 17.6 Å².